The highest BCUT2D eigenvalue weighted by atomic mass is 79.9. The van der Waals surface area contributed by atoms with Crippen LogP contribution in [0.25, 0.3) is 0 Å². The molecule has 17 heavy (non-hydrogen) atoms. The third-order valence-corrected chi connectivity index (χ3v) is 6.94. The van der Waals surface area contributed by atoms with Gasteiger partial charge < -0.3 is 5.32 Å². The van der Waals surface area contributed by atoms with Gasteiger partial charge in [0.05, 0.1) is 8.81 Å². The Kier molecular flexibility index (Phi) is 4.49. The van der Waals surface area contributed by atoms with Gasteiger partial charge in [0.15, 0.2) is 0 Å². The van der Waals surface area contributed by atoms with E-state index >= 15 is 0 Å². The third-order valence-electron chi connectivity index (χ3n) is 2.57. The van der Waals surface area contributed by atoms with Crippen molar-refractivity contribution in [1.29, 1.82) is 0 Å². The van der Waals surface area contributed by atoms with Crippen molar-refractivity contribution < 1.29 is 8.42 Å². The van der Waals surface area contributed by atoms with Crippen LogP contribution in [0.5, 0.6) is 0 Å². The Hall–Kier alpha value is 0.340. The maximum absolute atomic E-state index is 11.9. The molecule has 1 atom stereocenters. The summed E-state index contributed by atoms with van der Waals surface area (Å²) in [5.41, 5.74) is 0. The van der Waals surface area contributed by atoms with Crippen molar-refractivity contribution in [1.82, 2.24) is 10.0 Å². The molecule has 1 aromatic heterocycles. The van der Waals surface area contributed by atoms with Crippen molar-refractivity contribution in [2.75, 3.05) is 13.1 Å². The van der Waals surface area contributed by atoms with Gasteiger partial charge in [-0.15, -0.1) is 11.3 Å². The van der Waals surface area contributed by atoms with Crippen LogP contribution in [0.2, 0.25) is 5.02 Å². The minimum atomic E-state index is -3.44. The van der Waals surface area contributed by atoms with E-state index in [1.807, 2.05) is 0 Å². The number of halogens is 2. The summed E-state index contributed by atoms with van der Waals surface area (Å²) in [6.07, 6.45) is 2.11. The van der Waals surface area contributed by atoms with Crippen LogP contribution in [0.15, 0.2) is 14.1 Å². The van der Waals surface area contributed by atoms with Crippen LogP contribution in [0.3, 0.4) is 0 Å². The molecule has 1 aliphatic heterocycles. The van der Waals surface area contributed by atoms with Gasteiger partial charge in [0, 0.05) is 12.6 Å². The monoisotopic (exact) mass is 358 g/mol. The average Bonchev–Trinajstić information content (AvgIpc) is 2.87. The summed E-state index contributed by atoms with van der Waals surface area (Å²) in [6, 6.07) is 1.70. The third kappa shape index (κ3) is 3.42. The summed E-state index contributed by atoms with van der Waals surface area (Å²) >= 11 is 10.1. The largest absolute Gasteiger partial charge is 0.313 e. The first-order valence-electron chi connectivity index (χ1n) is 5.17. The van der Waals surface area contributed by atoms with E-state index in [0.29, 0.717) is 15.4 Å². The van der Waals surface area contributed by atoms with Gasteiger partial charge >= 0.3 is 0 Å². The molecule has 0 bridgehead atoms. The molecular weight excluding hydrogens is 348 g/mol. The molecule has 1 aromatic rings. The maximum Gasteiger partial charge on any atom is 0.250 e. The van der Waals surface area contributed by atoms with Crippen molar-refractivity contribution in [2.45, 2.75) is 23.1 Å². The van der Waals surface area contributed by atoms with Gasteiger partial charge in [0.25, 0.3) is 0 Å². The summed E-state index contributed by atoms with van der Waals surface area (Å²) in [5, 5.41) is 3.66. The van der Waals surface area contributed by atoms with E-state index in [2.05, 4.69) is 26.0 Å². The molecule has 0 amide bonds. The lowest BCUT2D eigenvalue weighted by molar-refractivity contribution is 0.553. The molecule has 0 spiro atoms. The number of rotatable bonds is 4. The molecule has 2 rings (SSSR count). The zero-order valence-corrected chi connectivity index (χ0v) is 12.8. The molecule has 1 aliphatic rings. The highest BCUT2D eigenvalue weighted by Gasteiger charge is 2.21. The van der Waals surface area contributed by atoms with Crippen LogP contribution in [0.1, 0.15) is 12.8 Å². The fourth-order valence-electron chi connectivity index (χ4n) is 1.67. The second-order valence-corrected chi connectivity index (χ2v) is 8.60. The molecule has 4 nitrogen and oxygen atoms in total. The van der Waals surface area contributed by atoms with Crippen LogP contribution < -0.4 is 10.0 Å². The summed E-state index contributed by atoms with van der Waals surface area (Å²) in [5.74, 6) is 0. The number of nitrogens with one attached hydrogen (secondary N) is 2. The molecule has 0 saturated carbocycles. The lowest BCUT2D eigenvalue weighted by Gasteiger charge is -2.10. The Balaban J connectivity index is 2.03. The molecule has 1 unspecified atom stereocenters. The zero-order valence-electron chi connectivity index (χ0n) is 8.87. The number of hydrogen-bond donors (Lipinski definition) is 2. The summed E-state index contributed by atoms with van der Waals surface area (Å²) < 4.78 is 27.4. The summed E-state index contributed by atoms with van der Waals surface area (Å²) in [7, 11) is -3.44. The van der Waals surface area contributed by atoms with Crippen molar-refractivity contribution >= 4 is 48.9 Å². The predicted octanol–water partition coefficient (Wildman–Crippen LogP) is 2.19. The second kappa shape index (κ2) is 5.54. The molecule has 1 saturated heterocycles. The van der Waals surface area contributed by atoms with Gasteiger partial charge in [-0.2, -0.15) is 0 Å². The topological polar surface area (TPSA) is 58.2 Å². The molecule has 2 heterocycles. The second-order valence-electron chi connectivity index (χ2n) is 3.83. The normalized spacial score (nSPS) is 20.9. The highest BCUT2D eigenvalue weighted by Crippen LogP contribution is 2.34. The van der Waals surface area contributed by atoms with Crippen molar-refractivity contribution in [3.63, 3.8) is 0 Å². The predicted molar refractivity (Wildman–Crippen MR) is 73.2 cm³/mol. The quantitative estimate of drug-likeness (QED) is 0.866. The molecule has 0 aromatic carbocycles. The van der Waals surface area contributed by atoms with Gasteiger partial charge in [-0.3, -0.25) is 0 Å². The SMILES string of the molecule is O=S(=O)(NCC1CCCN1)c1cc(Cl)c(Br)s1. The molecule has 0 radical (unpaired) electrons. The minimum Gasteiger partial charge on any atom is -0.313 e. The van der Waals surface area contributed by atoms with Crippen LogP contribution in [-0.2, 0) is 10.0 Å². The van der Waals surface area contributed by atoms with Gasteiger partial charge in [0.2, 0.25) is 10.0 Å². The van der Waals surface area contributed by atoms with Crippen molar-refractivity contribution in [3.05, 3.63) is 14.9 Å². The lowest BCUT2D eigenvalue weighted by atomic mass is 10.2. The van der Waals surface area contributed by atoms with Crippen LogP contribution in [0.4, 0.5) is 0 Å². The Morgan fingerprint density at radius 1 is 1.65 bits per heavy atom. The standard InChI is InChI=1S/C9H12BrClN2O2S2/c10-9-7(11)4-8(16-9)17(14,15)13-5-6-2-1-3-12-6/h4,6,12-13H,1-3,5H2. The van der Waals surface area contributed by atoms with E-state index in [1.165, 1.54) is 6.07 Å². The van der Waals surface area contributed by atoms with Crippen LogP contribution >= 0.6 is 38.9 Å². The van der Waals surface area contributed by atoms with E-state index in [0.717, 1.165) is 30.7 Å². The summed E-state index contributed by atoms with van der Waals surface area (Å²) in [6.45, 7) is 1.39. The van der Waals surface area contributed by atoms with E-state index in [4.69, 9.17) is 11.6 Å². The lowest BCUT2D eigenvalue weighted by Crippen LogP contribution is -2.36. The fraction of sp³-hybridized carbons (Fsp3) is 0.556. The first-order chi connectivity index (χ1) is 7.99. The fourth-order valence-corrected chi connectivity index (χ4v) is 5.20. The zero-order chi connectivity index (χ0) is 12.5. The molecule has 96 valence electrons. The highest BCUT2D eigenvalue weighted by molar-refractivity contribution is 9.11. The van der Waals surface area contributed by atoms with Crippen LogP contribution in [-0.4, -0.2) is 27.5 Å². The molecule has 1 fully saturated rings. The number of thiophene rings is 1. The van der Waals surface area contributed by atoms with E-state index in [-0.39, 0.29) is 10.3 Å². The molecular formula is C9H12BrClN2O2S2. The van der Waals surface area contributed by atoms with E-state index in [9.17, 15) is 8.42 Å². The Morgan fingerprint density at radius 3 is 2.94 bits per heavy atom. The van der Waals surface area contributed by atoms with Crippen molar-refractivity contribution in [3.8, 4) is 0 Å². The van der Waals surface area contributed by atoms with Crippen molar-refractivity contribution in [2.24, 2.45) is 0 Å². The minimum absolute atomic E-state index is 0.239. The Morgan fingerprint density at radius 2 is 2.41 bits per heavy atom. The first kappa shape index (κ1) is 13.8. The van der Waals surface area contributed by atoms with E-state index in [1.54, 1.807) is 0 Å². The first-order valence-corrected chi connectivity index (χ1v) is 8.64. The van der Waals surface area contributed by atoms with Crippen LogP contribution in [0, 0.1) is 0 Å². The maximum atomic E-state index is 11.9. The van der Waals surface area contributed by atoms with Gasteiger partial charge in [0.1, 0.15) is 4.21 Å². The molecule has 0 aliphatic carbocycles. The van der Waals surface area contributed by atoms with E-state index < -0.39 is 10.0 Å². The Bertz CT molecular complexity index is 478. The molecule has 8 heteroatoms. The number of hydrogen-bond acceptors (Lipinski definition) is 4. The van der Waals surface area contributed by atoms with Gasteiger partial charge in [-0.05, 0) is 41.4 Å². The average molecular weight is 360 g/mol. The smallest absolute Gasteiger partial charge is 0.250 e. The summed E-state index contributed by atoms with van der Waals surface area (Å²) in [4.78, 5) is 0. The Labute approximate surface area is 118 Å². The number of sulfonamides is 1. The molecule has 2 N–H and O–H groups in total. The van der Waals surface area contributed by atoms with Gasteiger partial charge in [-0.1, -0.05) is 11.6 Å². The van der Waals surface area contributed by atoms with Gasteiger partial charge in [-0.25, -0.2) is 13.1 Å².